The lowest BCUT2D eigenvalue weighted by Crippen LogP contribution is -2.65. The van der Waals surface area contributed by atoms with Crippen LogP contribution in [0.1, 0.15) is 51.7 Å². The van der Waals surface area contributed by atoms with Crippen LogP contribution in [0.15, 0.2) is 249 Å². The predicted octanol–water partition coefficient (Wildman–Crippen LogP) is 15.5. The highest BCUT2D eigenvalue weighted by Crippen LogP contribution is 2.52. The van der Waals surface area contributed by atoms with Gasteiger partial charge < -0.3 is 14.5 Å². The summed E-state index contributed by atoms with van der Waals surface area (Å²) in [6.07, 6.45) is 2.26. The standard InChI is InChI=1S/C78H57B2N7O/c1-77(2)41-42-78(3,4)56-43-50(39-40-55(56)77)85-65-37-21-15-31-57(65)79-59-44-60-67(45-66(59)83(48-23-7-5-8-24-48)68-46-71(81-75(85)73(68)79)86-61-33-17-11-27-51(61)52-28-12-18-34-62(52)86)84(49-25-9-6-10-26-49)69-47-72(82-76-74(69)80(60)58-32-16-22-38-70(58)88-76)87-63-35-19-13-29-53(63)54-30-14-20-36-64(54)87/h5-40,43-47H,41-42H2,1-4H3. The van der Waals surface area contributed by atoms with Crippen LogP contribution in [-0.2, 0) is 10.8 Å². The van der Waals surface area contributed by atoms with Crippen LogP contribution in [-0.4, -0.2) is 32.5 Å². The molecule has 0 N–H and O–H groups in total. The van der Waals surface area contributed by atoms with Crippen LogP contribution < -0.4 is 52.2 Å². The van der Waals surface area contributed by atoms with Gasteiger partial charge in [0.1, 0.15) is 23.2 Å². The summed E-state index contributed by atoms with van der Waals surface area (Å²) in [4.78, 5) is 19.3. The number of para-hydroxylation sites is 8. The van der Waals surface area contributed by atoms with Crippen LogP contribution in [0.4, 0.5) is 51.3 Å². The van der Waals surface area contributed by atoms with Crippen LogP contribution in [0.2, 0.25) is 0 Å². The van der Waals surface area contributed by atoms with Gasteiger partial charge in [0.05, 0.1) is 27.8 Å². The molecule has 10 aromatic carbocycles. The lowest BCUT2D eigenvalue weighted by molar-refractivity contribution is 0.332. The normalized spacial score (nSPS) is 15.3. The van der Waals surface area contributed by atoms with Gasteiger partial charge in [0.2, 0.25) is 5.88 Å². The van der Waals surface area contributed by atoms with E-state index in [9.17, 15) is 0 Å². The highest BCUT2D eigenvalue weighted by molar-refractivity contribution is 7.02. The van der Waals surface area contributed by atoms with E-state index in [1.54, 1.807) is 0 Å². The molecule has 10 heteroatoms. The van der Waals surface area contributed by atoms with Crippen molar-refractivity contribution in [2.24, 2.45) is 0 Å². The van der Waals surface area contributed by atoms with E-state index in [1.807, 2.05) is 0 Å². The molecule has 14 aromatic rings. The number of rotatable bonds is 5. The molecular weight excluding hydrogens is 1070 g/mol. The highest BCUT2D eigenvalue weighted by atomic mass is 16.5. The van der Waals surface area contributed by atoms with E-state index in [0.29, 0.717) is 5.88 Å². The van der Waals surface area contributed by atoms with Gasteiger partial charge in [0, 0.05) is 79.0 Å². The number of aromatic nitrogens is 4. The van der Waals surface area contributed by atoms with E-state index in [4.69, 9.17) is 14.7 Å². The first-order chi connectivity index (χ1) is 43.2. The van der Waals surface area contributed by atoms with Crippen LogP contribution >= 0.6 is 0 Å². The Hall–Kier alpha value is -10.6. The number of fused-ring (bicyclic) bond motifs is 15. The third-order valence-corrected chi connectivity index (χ3v) is 20.2. The van der Waals surface area contributed by atoms with Crippen molar-refractivity contribution in [3.63, 3.8) is 0 Å². The minimum Gasteiger partial charge on any atom is -0.440 e. The van der Waals surface area contributed by atoms with Crippen LogP contribution in [0.3, 0.4) is 0 Å². The molecule has 8 heterocycles. The first-order valence-corrected chi connectivity index (χ1v) is 30.9. The number of pyridine rings is 2. The van der Waals surface area contributed by atoms with Gasteiger partial charge in [-0.3, -0.25) is 14.0 Å². The van der Waals surface area contributed by atoms with E-state index in [1.165, 1.54) is 54.5 Å². The second-order valence-corrected chi connectivity index (χ2v) is 25.9. The van der Waals surface area contributed by atoms with Crippen molar-refractivity contribution in [3.8, 4) is 23.3 Å². The van der Waals surface area contributed by atoms with Gasteiger partial charge in [-0.1, -0.05) is 185 Å². The molecule has 4 aromatic heterocycles. The summed E-state index contributed by atoms with van der Waals surface area (Å²) in [5.74, 6) is 3.99. The van der Waals surface area contributed by atoms with Crippen molar-refractivity contribution in [3.05, 3.63) is 260 Å². The Morgan fingerprint density at radius 2 is 0.818 bits per heavy atom. The van der Waals surface area contributed by atoms with Gasteiger partial charge in [-0.25, -0.2) is 4.98 Å². The monoisotopic (exact) mass is 1130 g/mol. The number of anilines is 9. The largest absolute Gasteiger partial charge is 0.440 e. The maximum atomic E-state index is 7.17. The van der Waals surface area contributed by atoms with Crippen molar-refractivity contribution in [2.75, 3.05) is 14.7 Å². The summed E-state index contributed by atoms with van der Waals surface area (Å²) in [5.41, 5.74) is 22.9. The van der Waals surface area contributed by atoms with E-state index in [0.717, 1.165) is 115 Å². The number of benzene rings is 10. The fourth-order valence-corrected chi connectivity index (χ4v) is 16.1. The van der Waals surface area contributed by atoms with Crippen molar-refractivity contribution in [1.29, 1.82) is 0 Å². The number of hydrogen-bond acceptors (Lipinski definition) is 6. The maximum Gasteiger partial charge on any atom is 0.258 e. The molecule has 19 rings (SSSR count). The van der Waals surface area contributed by atoms with Gasteiger partial charge in [-0.05, 0) is 141 Å². The molecule has 8 nitrogen and oxygen atoms in total. The molecule has 0 bridgehead atoms. The molecule has 0 saturated carbocycles. The maximum absolute atomic E-state index is 7.17. The van der Waals surface area contributed by atoms with Crippen LogP contribution in [0, 0.1) is 0 Å². The zero-order chi connectivity index (χ0) is 58.3. The van der Waals surface area contributed by atoms with Gasteiger partial charge in [-0.15, -0.1) is 0 Å². The number of ether oxygens (including phenoxy) is 1. The van der Waals surface area contributed by atoms with Gasteiger partial charge in [-0.2, -0.15) is 4.98 Å². The van der Waals surface area contributed by atoms with Crippen LogP contribution in [0.25, 0.3) is 55.2 Å². The zero-order valence-corrected chi connectivity index (χ0v) is 49.3. The van der Waals surface area contributed by atoms with Crippen LogP contribution in [0.5, 0.6) is 11.6 Å². The number of hydrogen-bond donors (Lipinski definition) is 0. The second-order valence-electron chi connectivity index (χ2n) is 25.9. The van der Waals surface area contributed by atoms with Gasteiger partial charge in [0.25, 0.3) is 13.4 Å². The summed E-state index contributed by atoms with van der Waals surface area (Å²) < 4.78 is 11.9. The first-order valence-electron chi connectivity index (χ1n) is 30.9. The third kappa shape index (κ3) is 6.83. The van der Waals surface area contributed by atoms with Gasteiger partial charge >= 0.3 is 0 Å². The summed E-state index contributed by atoms with van der Waals surface area (Å²) in [5, 5.41) is 4.74. The van der Waals surface area contributed by atoms with E-state index in [-0.39, 0.29) is 24.3 Å². The summed E-state index contributed by atoms with van der Waals surface area (Å²) >= 11 is 0. The average molecular weight is 1130 g/mol. The minimum absolute atomic E-state index is 0.0183. The lowest BCUT2D eigenvalue weighted by atomic mass is 9.30. The fourth-order valence-electron chi connectivity index (χ4n) is 16.1. The highest BCUT2D eigenvalue weighted by Gasteiger charge is 2.49. The Balaban J connectivity index is 0.929. The molecule has 5 aliphatic rings. The van der Waals surface area contributed by atoms with E-state index >= 15 is 0 Å². The average Bonchev–Trinajstić information content (AvgIpc) is 0.843. The zero-order valence-electron chi connectivity index (χ0n) is 49.3. The third-order valence-electron chi connectivity index (χ3n) is 20.2. The molecule has 0 unspecified atom stereocenters. The summed E-state index contributed by atoms with van der Waals surface area (Å²) in [7, 11) is 0. The van der Waals surface area contributed by atoms with Gasteiger partial charge in [0.15, 0.2) is 0 Å². The molecule has 0 spiro atoms. The molecule has 0 atom stereocenters. The van der Waals surface area contributed by atoms with E-state index in [2.05, 4.69) is 300 Å². The smallest absolute Gasteiger partial charge is 0.258 e. The number of nitrogens with zero attached hydrogens (tertiary/aromatic N) is 7. The van der Waals surface area contributed by atoms with Crippen molar-refractivity contribution >= 4 is 141 Å². The molecule has 416 valence electrons. The molecule has 88 heavy (non-hydrogen) atoms. The fraction of sp³-hybridized carbons (Fsp3) is 0.103. The molecule has 0 amide bonds. The van der Waals surface area contributed by atoms with Crippen molar-refractivity contribution < 1.29 is 4.74 Å². The Bertz CT molecular complexity index is 5210. The van der Waals surface area contributed by atoms with E-state index < -0.39 is 0 Å². The lowest BCUT2D eigenvalue weighted by Gasteiger charge is -2.46. The quantitative estimate of drug-likeness (QED) is 0.160. The summed E-state index contributed by atoms with van der Waals surface area (Å²) in [6.45, 7) is 9.25. The Morgan fingerprint density at radius 1 is 0.352 bits per heavy atom. The molecule has 1 aliphatic carbocycles. The molecule has 0 fully saturated rings. The Morgan fingerprint density at radius 3 is 1.40 bits per heavy atom. The minimum atomic E-state index is -0.227. The first kappa shape index (κ1) is 49.7. The Kier molecular flexibility index (Phi) is 10.2. The Labute approximate surface area is 511 Å². The molecule has 0 radical (unpaired) electrons. The van der Waals surface area contributed by atoms with Crippen molar-refractivity contribution in [1.82, 2.24) is 19.1 Å². The SMILES string of the molecule is CC1(C)CCC(C)(C)c2cc(N3c4ccccc4B4c5cc6c(cc5N(c5ccccc5)c5cc(-n7c8ccccc8c8ccccc87)nc3c54)N(c3ccccc3)c3cc(-n4c5ccccc5c5ccccc54)nc4c3B6c3ccccc3O4)ccc21. The second kappa shape index (κ2) is 18.0. The molecular formula is C78H57B2N7O. The molecule has 0 saturated heterocycles. The van der Waals surface area contributed by atoms with Crippen molar-refractivity contribution in [2.45, 2.75) is 51.4 Å². The predicted molar refractivity (Wildman–Crippen MR) is 366 cm³/mol. The summed E-state index contributed by atoms with van der Waals surface area (Å²) in [6, 6.07) is 91.7. The molecule has 4 aliphatic heterocycles. The topological polar surface area (TPSA) is 54.6 Å².